The van der Waals surface area contributed by atoms with Crippen LogP contribution in [0.5, 0.6) is 0 Å². The van der Waals surface area contributed by atoms with Gasteiger partial charge in [-0.1, -0.05) is 11.6 Å². The quantitative estimate of drug-likeness (QED) is 0.582. The summed E-state index contributed by atoms with van der Waals surface area (Å²) < 4.78 is 78.9. The Bertz CT molecular complexity index is 1290. The average molecular weight is 501 g/mol. The van der Waals surface area contributed by atoms with Crippen molar-refractivity contribution in [3.63, 3.8) is 0 Å². The predicted octanol–water partition coefficient (Wildman–Crippen LogP) is 1.61. The number of hydrogen-bond acceptors (Lipinski definition) is 6. The molecule has 2 N–H and O–H groups in total. The molecule has 15 heteroatoms. The van der Waals surface area contributed by atoms with Gasteiger partial charge in [-0.05, 0) is 26.0 Å². The van der Waals surface area contributed by atoms with Crippen LogP contribution in [0.4, 0.5) is 23.2 Å². The van der Waals surface area contributed by atoms with Gasteiger partial charge in [0.2, 0.25) is 10.0 Å². The van der Waals surface area contributed by atoms with Gasteiger partial charge < -0.3 is 5.32 Å². The van der Waals surface area contributed by atoms with Crippen LogP contribution in [-0.4, -0.2) is 35.3 Å². The zero-order valence-corrected chi connectivity index (χ0v) is 18.3. The molecule has 2 rings (SSSR count). The predicted molar refractivity (Wildman–Crippen MR) is 108 cm³/mol. The largest absolute Gasteiger partial charge is 0.431 e. The molecule has 32 heavy (non-hydrogen) atoms. The number of aromatic nitrogens is 2. The molecule has 0 unspecified atom stereocenters. The topological polar surface area (TPSA) is 119 Å². The standard InChI is InChI=1S/C17H17ClF4N4O5S/c1-8(2)32(30,31)24-14(27)7-23-11-5-12(10(19)4-9(11)18)26-15(28)6-13(17(20,21)22)25(3)16(26)29/h4-6,8,23H,7H2,1-3H3,(H,24,27). The monoisotopic (exact) mass is 500 g/mol. The van der Waals surface area contributed by atoms with Crippen molar-refractivity contribution < 1.29 is 30.8 Å². The van der Waals surface area contributed by atoms with Crippen LogP contribution in [0.2, 0.25) is 5.02 Å². The van der Waals surface area contributed by atoms with E-state index in [9.17, 15) is 40.4 Å². The molecule has 0 aliphatic rings. The second-order valence-electron chi connectivity index (χ2n) is 6.80. The number of carbonyl (C=O) groups excluding carboxylic acids is 1. The van der Waals surface area contributed by atoms with Crippen LogP contribution < -0.4 is 21.3 Å². The first-order chi connectivity index (χ1) is 14.6. The van der Waals surface area contributed by atoms with Crippen LogP contribution in [0, 0.1) is 5.82 Å². The fourth-order valence-corrected chi connectivity index (χ4v) is 3.29. The van der Waals surface area contributed by atoms with Gasteiger partial charge in [0.05, 0.1) is 28.2 Å². The van der Waals surface area contributed by atoms with E-state index in [2.05, 4.69) is 5.32 Å². The molecule has 1 aromatic carbocycles. The van der Waals surface area contributed by atoms with Crippen molar-refractivity contribution >= 4 is 33.2 Å². The van der Waals surface area contributed by atoms with Crippen molar-refractivity contribution in [3.8, 4) is 5.69 Å². The second kappa shape index (κ2) is 8.94. The van der Waals surface area contributed by atoms with E-state index in [0.29, 0.717) is 6.07 Å². The molecule has 0 atom stereocenters. The number of nitrogens with one attached hydrogen (secondary N) is 2. The van der Waals surface area contributed by atoms with E-state index in [1.165, 1.54) is 13.8 Å². The Morgan fingerprint density at radius 3 is 2.31 bits per heavy atom. The fourth-order valence-electron chi connectivity index (χ4n) is 2.45. The first kappa shape index (κ1) is 25.4. The molecule has 176 valence electrons. The van der Waals surface area contributed by atoms with Crippen molar-refractivity contribution in [1.29, 1.82) is 0 Å². The maximum atomic E-state index is 14.5. The Morgan fingerprint density at radius 1 is 1.19 bits per heavy atom. The van der Waals surface area contributed by atoms with Gasteiger partial charge in [-0.15, -0.1) is 0 Å². The van der Waals surface area contributed by atoms with Crippen LogP contribution >= 0.6 is 11.6 Å². The van der Waals surface area contributed by atoms with Crippen molar-refractivity contribution in [2.75, 3.05) is 11.9 Å². The van der Waals surface area contributed by atoms with Crippen LogP contribution in [-0.2, 0) is 28.0 Å². The van der Waals surface area contributed by atoms with Gasteiger partial charge in [0.15, 0.2) is 0 Å². The molecular weight excluding hydrogens is 484 g/mol. The zero-order valence-electron chi connectivity index (χ0n) is 16.8. The van der Waals surface area contributed by atoms with Crippen LogP contribution in [0.15, 0.2) is 27.8 Å². The maximum absolute atomic E-state index is 14.5. The van der Waals surface area contributed by atoms with E-state index < -0.39 is 62.3 Å². The van der Waals surface area contributed by atoms with Crippen LogP contribution in [0.1, 0.15) is 19.5 Å². The molecule has 1 heterocycles. The molecule has 0 spiro atoms. The molecule has 0 aliphatic heterocycles. The highest BCUT2D eigenvalue weighted by atomic mass is 35.5. The minimum atomic E-state index is -5.00. The number of rotatable bonds is 6. The molecule has 1 aromatic heterocycles. The first-order valence-electron chi connectivity index (χ1n) is 8.74. The number of sulfonamides is 1. The van der Waals surface area contributed by atoms with E-state index in [0.717, 1.165) is 13.1 Å². The summed E-state index contributed by atoms with van der Waals surface area (Å²) in [6.45, 7) is 2.04. The zero-order chi connectivity index (χ0) is 24.6. The summed E-state index contributed by atoms with van der Waals surface area (Å²) in [5.41, 5.74) is -5.37. The summed E-state index contributed by atoms with van der Waals surface area (Å²) in [6.07, 6.45) is -5.00. The molecule has 0 bridgehead atoms. The number of benzene rings is 1. The van der Waals surface area contributed by atoms with E-state index in [-0.39, 0.29) is 25.9 Å². The lowest BCUT2D eigenvalue weighted by Crippen LogP contribution is -2.41. The second-order valence-corrected chi connectivity index (χ2v) is 9.44. The highest BCUT2D eigenvalue weighted by Crippen LogP contribution is 2.28. The molecule has 9 nitrogen and oxygen atoms in total. The average Bonchev–Trinajstić information content (AvgIpc) is 2.64. The Kier molecular flexibility index (Phi) is 7.09. The van der Waals surface area contributed by atoms with Crippen molar-refractivity contribution in [2.45, 2.75) is 25.3 Å². The van der Waals surface area contributed by atoms with Crippen molar-refractivity contribution in [2.24, 2.45) is 7.05 Å². The van der Waals surface area contributed by atoms with Gasteiger partial charge in [-0.2, -0.15) is 13.2 Å². The molecule has 0 radical (unpaired) electrons. The molecule has 0 saturated heterocycles. The van der Waals surface area contributed by atoms with Gasteiger partial charge in [-0.3, -0.25) is 18.9 Å². The van der Waals surface area contributed by atoms with Gasteiger partial charge in [-0.25, -0.2) is 22.2 Å². The van der Waals surface area contributed by atoms with Crippen molar-refractivity contribution in [3.05, 3.63) is 55.6 Å². The third-order valence-corrected chi connectivity index (χ3v) is 6.27. The Morgan fingerprint density at radius 2 is 1.78 bits per heavy atom. The summed E-state index contributed by atoms with van der Waals surface area (Å²) >= 11 is 5.88. The van der Waals surface area contributed by atoms with Crippen molar-refractivity contribution in [1.82, 2.24) is 13.9 Å². The van der Waals surface area contributed by atoms with Gasteiger partial charge >= 0.3 is 11.9 Å². The minimum absolute atomic E-state index is 0.132. The van der Waals surface area contributed by atoms with Crippen LogP contribution in [0.3, 0.4) is 0 Å². The Labute approximate surface area is 183 Å². The SMILES string of the molecule is CC(C)S(=O)(=O)NC(=O)CNc1cc(-n2c(=O)cc(C(F)(F)F)n(C)c2=O)c(F)cc1Cl. The Balaban J connectivity index is 2.47. The lowest BCUT2D eigenvalue weighted by Gasteiger charge is -2.16. The normalized spacial score (nSPS) is 12.2. The Hall–Kier alpha value is -2.87. The number of halogens is 5. The molecule has 0 saturated carbocycles. The number of alkyl halides is 3. The molecule has 0 fully saturated rings. The lowest BCUT2D eigenvalue weighted by atomic mass is 10.2. The number of hydrogen-bond donors (Lipinski definition) is 2. The number of nitrogens with zero attached hydrogens (tertiary/aromatic N) is 2. The van der Waals surface area contributed by atoms with E-state index >= 15 is 0 Å². The third-order valence-electron chi connectivity index (χ3n) is 4.20. The number of amides is 1. The number of anilines is 1. The summed E-state index contributed by atoms with van der Waals surface area (Å²) in [4.78, 5) is 36.4. The highest BCUT2D eigenvalue weighted by molar-refractivity contribution is 7.90. The first-order valence-corrected chi connectivity index (χ1v) is 10.7. The number of carbonyl (C=O) groups is 1. The van der Waals surface area contributed by atoms with E-state index in [4.69, 9.17) is 11.6 Å². The van der Waals surface area contributed by atoms with Gasteiger partial charge in [0.1, 0.15) is 11.5 Å². The summed E-state index contributed by atoms with van der Waals surface area (Å²) in [6, 6.07) is 1.64. The summed E-state index contributed by atoms with van der Waals surface area (Å²) in [5.74, 6) is -2.19. The van der Waals surface area contributed by atoms with Crippen LogP contribution in [0.25, 0.3) is 5.69 Å². The van der Waals surface area contributed by atoms with E-state index in [1.807, 2.05) is 0 Å². The maximum Gasteiger partial charge on any atom is 0.431 e. The lowest BCUT2D eigenvalue weighted by molar-refractivity contribution is -0.144. The van der Waals surface area contributed by atoms with E-state index in [1.54, 1.807) is 4.72 Å². The third kappa shape index (κ3) is 5.30. The minimum Gasteiger partial charge on any atom is -0.375 e. The summed E-state index contributed by atoms with van der Waals surface area (Å²) in [5, 5.41) is 1.22. The molecule has 2 aromatic rings. The summed E-state index contributed by atoms with van der Waals surface area (Å²) in [7, 11) is -3.16. The van der Waals surface area contributed by atoms with Gasteiger partial charge in [0.25, 0.3) is 11.5 Å². The molecule has 1 amide bonds. The molecule has 0 aliphatic carbocycles. The smallest absolute Gasteiger partial charge is 0.375 e. The van der Waals surface area contributed by atoms with Gasteiger partial charge in [0, 0.05) is 13.1 Å². The highest BCUT2D eigenvalue weighted by Gasteiger charge is 2.35. The molecular formula is C17H17ClF4N4O5S. The fraction of sp³-hybridized carbons (Fsp3) is 0.353.